The Morgan fingerprint density at radius 2 is 2.19 bits per heavy atom. The fraction of sp³-hybridized carbons (Fsp3) is 0.500. The van der Waals surface area contributed by atoms with Gasteiger partial charge in [-0.25, -0.2) is 0 Å². The minimum absolute atomic E-state index is 0.549. The van der Waals surface area contributed by atoms with E-state index >= 15 is 0 Å². The lowest BCUT2D eigenvalue weighted by molar-refractivity contribution is 0.0625. The summed E-state index contributed by atoms with van der Waals surface area (Å²) in [5.41, 5.74) is 1.79. The summed E-state index contributed by atoms with van der Waals surface area (Å²) in [4.78, 5) is 7.13. The average molecular weight is 219 g/mol. The molecule has 0 aliphatic carbocycles. The second-order valence-electron chi connectivity index (χ2n) is 4.14. The highest BCUT2D eigenvalue weighted by molar-refractivity contribution is 5.73. The predicted molar refractivity (Wildman–Crippen MR) is 63.0 cm³/mol. The maximum atomic E-state index is 5.62. The first-order valence-corrected chi connectivity index (χ1v) is 5.75. The van der Waals surface area contributed by atoms with Crippen molar-refractivity contribution in [1.82, 2.24) is 15.2 Å². The molecule has 0 saturated heterocycles. The SMILES string of the molecule is CCCC(C)COn1nnc2ccccc21. The summed E-state index contributed by atoms with van der Waals surface area (Å²) < 4.78 is 0. The highest BCUT2D eigenvalue weighted by Gasteiger charge is 2.06. The molecule has 4 nitrogen and oxygen atoms in total. The van der Waals surface area contributed by atoms with Crippen LogP contribution >= 0.6 is 0 Å². The van der Waals surface area contributed by atoms with E-state index in [4.69, 9.17) is 4.84 Å². The number of hydrogen-bond donors (Lipinski definition) is 0. The van der Waals surface area contributed by atoms with Gasteiger partial charge in [-0.15, -0.1) is 5.10 Å². The van der Waals surface area contributed by atoms with Gasteiger partial charge in [-0.2, -0.15) is 0 Å². The Morgan fingerprint density at radius 1 is 1.38 bits per heavy atom. The van der Waals surface area contributed by atoms with E-state index in [0.29, 0.717) is 12.5 Å². The van der Waals surface area contributed by atoms with Crippen molar-refractivity contribution < 1.29 is 4.84 Å². The Labute approximate surface area is 95.2 Å². The van der Waals surface area contributed by atoms with Crippen LogP contribution in [0.3, 0.4) is 0 Å². The lowest BCUT2D eigenvalue weighted by Crippen LogP contribution is -2.19. The van der Waals surface area contributed by atoms with E-state index in [1.807, 2.05) is 24.3 Å². The fourth-order valence-corrected chi connectivity index (χ4v) is 1.72. The number of benzene rings is 1. The molecule has 1 aromatic heterocycles. The van der Waals surface area contributed by atoms with Crippen molar-refractivity contribution >= 4 is 11.0 Å². The second kappa shape index (κ2) is 4.96. The van der Waals surface area contributed by atoms with E-state index in [1.165, 1.54) is 17.7 Å². The molecule has 4 heteroatoms. The van der Waals surface area contributed by atoms with Gasteiger partial charge in [-0.3, -0.25) is 0 Å². The third-order valence-corrected chi connectivity index (χ3v) is 2.58. The molecule has 1 heterocycles. The van der Waals surface area contributed by atoms with Gasteiger partial charge >= 0.3 is 0 Å². The van der Waals surface area contributed by atoms with Crippen LogP contribution in [0.5, 0.6) is 0 Å². The Kier molecular flexibility index (Phi) is 3.39. The van der Waals surface area contributed by atoms with E-state index in [9.17, 15) is 0 Å². The molecule has 0 saturated carbocycles. The van der Waals surface area contributed by atoms with Crippen molar-refractivity contribution in [1.29, 1.82) is 0 Å². The van der Waals surface area contributed by atoms with Gasteiger partial charge in [-0.05, 0) is 29.7 Å². The van der Waals surface area contributed by atoms with Crippen LogP contribution in [0.15, 0.2) is 24.3 Å². The summed E-state index contributed by atoms with van der Waals surface area (Å²) in [5, 5.41) is 8.00. The summed E-state index contributed by atoms with van der Waals surface area (Å²) in [7, 11) is 0. The molecule has 0 radical (unpaired) electrons. The Morgan fingerprint density at radius 3 is 3.00 bits per heavy atom. The topological polar surface area (TPSA) is 39.9 Å². The summed E-state index contributed by atoms with van der Waals surface area (Å²) >= 11 is 0. The van der Waals surface area contributed by atoms with Gasteiger partial charge in [-0.1, -0.05) is 37.2 Å². The monoisotopic (exact) mass is 219 g/mol. The van der Waals surface area contributed by atoms with Crippen molar-refractivity contribution in [2.75, 3.05) is 6.61 Å². The number of hydrogen-bond acceptors (Lipinski definition) is 3. The van der Waals surface area contributed by atoms with Crippen molar-refractivity contribution in [3.8, 4) is 0 Å². The fourth-order valence-electron chi connectivity index (χ4n) is 1.72. The number of fused-ring (bicyclic) bond motifs is 1. The average Bonchev–Trinajstić information content (AvgIpc) is 2.70. The number of aromatic nitrogens is 3. The van der Waals surface area contributed by atoms with Crippen LogP contribution < -0.4 is 4.84 Å². The van der Waals surface area contributed by atoms with Crippen LogP contribution in [0, 0.1) is 5.92 Å². The summed E-state index contributed by atoms with van der Waals surface area (Å²) in [6.45, 7) is 5.05. The smallest absolute Gasteiger partial charge is 0.130 e. The first kappa shape index (κ1) is 10.9. The van der Waals surface area contributed by atoms with Gasteiger partial charge in [0.1, 0.15) is 17.6 Å². The van der Waals surface area contributed by atoms with Gasteiger partial charge in [0, 0.05) is 0 Å². The zero-order chi connectivity index (χ0) is 11.4. The zero-order valence-electron chi connectivity index (χ0n) is 9.76. The van der Waals surface area contributed by atoms with Crippen LogP contribution in [0.2, 0.25) is 0 Å². The molecule has 0 spiro atoms. The molecule has 1 unspecified atom stereocenters. The second-order valence-corrected chi connectivity index (χ2v) is 4.14. The van der Waals surface area contributed by atoms with Crippen molar-refractivity contribution in [3.05, 3.63) is 24.3 Å². The molecule has 0 fully saturated rings. The Bertz CT molecular complexity index is 452. The van der Waals surface area contributed by atoms with E-state index in [2.05, 4.69) is 24.2 Å². The van der Waals surface area contributed by atoms with E-state index in [0.717, 1.165) is 11.0 Å². The summed E-state index contributed by atoms with van der Waals surface area (Å²) in [5.74, 6) is 0.549. The highest BCUT2D eigenvalue weighted by Crippen LogP contribution is 2.09. The molecule has 86 valence electrons. The lowest BCUT2D eigenvalue weighted by Gasteiger charge is -2.10. The molecular formula is C12H17N3O. The maximum absolute atomic E-state index is 5.62. The third kappa shape index (κ3) is 2.32. The number of para-hydroxylation sites is 1. The van der Waals surface area contributed by atoms with Gasteiger partial charge in [0.05, 0.1) is 0 Å². The predicted octanol–water partition coefficient (Wildman–Crippen LogP) is 2.30. The van der Waals surface area contributed by atoms with Gasteiger partial charge in [0.15, 0.2) is 0 Å². The van der Waals surface area contributed by atoms with Gasteiger partial charge in [0.2, 0.25) is 0 Å². The van der Waals surface area contributed by atoms with Crippen molar-refractivity contribution in [3.63, 3.8) is 0 Å². The first-order valence-electron chi connectivity index (χ1n) is 5.75. The normalized spacial score (nSPS) is 12.9. The summed E-state index contributed by atoms with van der Waals surface area (Å²) in [6, 6.07) is 7.79. The molecule has 1 aromatic carbocycles. The Balaban J connectivity index is 2.04. The van der Waals surface area contributed by atoms with Gasteiger partial charge < -0.3 is 4.84 Å². The van der Waals surface area contributed by atoms with Crippen molar-refractivity contribution in [2.45, 2.75) is 26.7 Å². The van der Waals surface area contributed by atoms with Crippen LogP contribution in [0.4, 0.5) is 0 Å². The van der Waals surface area contributed by atoms with Crippen LogP contribution in [0.1, 0.15) is 26.7 Å². The van der Waals surface area contributed by atoms with E-state index in [-0.39, 0.29) is 0 Å². The standard InChI is InChI=1S/C12H17N3O/c1-3-6-10(2)9-16-15-12-8-5-4-7-11(12)13-14-15/h4-5,7-8,10H,3,6,9H2,1-2H3. The molecule has 0 bridgehead atoms. The maximum Gasteiger partial charge on any atom is 0.130 e. The molecule has 1 atom stereocenters. The molecular weight excluding hydrogens is 202 g/mol. The number of nitrogens with zero attached hydrogens (tertiary/aromatic N) is 3. The van der Waals surface area contributed by atoms with Crippen LogP contribution in [-0.4, -0.2) is 21.8 Å². The molecule has 0 N–H and O–H groups in total. The minimum Gasteiger partial charge on any atom is -0.395 e. The van der Waals surface area contributed by atoms with Crippen molar-refractivity contribution in [2.24, 2.45) is 5.92 Å². The van der Waals surface area contributed by atoms with Gasteiger partial charge in [0.25, 0.3) is 0 Å². The lowest BCUT2D eigenvalue weighted by atomic mass is 10.1. The first-order chi connectivity index (χ1) is 7.81. The molecule has 0 amide bonds. The van der Waals surface area contributed by atoms with Crippen LogP contribution in [-0.2, 0) is 0 Å². The zero-order valence-corrected chi connectivity index (χ0v) is 9.76. The molecule has 2 rings (SSSR count). The van der Waals surface area contributed by atoms with Crippen LogP contribution in [0.25, 0.3) is 11.0 Å². The Hall–Kier alpha value is -1.58. The quantitative estimate of drug-likeness (QED) is 0.774. The molecule has 16 heavy (non-hydrogen) atoms. The minimum atomic E-state index is 0.549. The molecule has 0 aliphatic rings. The number of rotatable bonds is 5. The van der Waals surface area contributed by atoms with E-state index < -0.39 is 0 Å². The summed E-state index contributed by atoms with van der Waals surface area (Å²) in [6.07, 6.45) is 2.36. The largest absolute Gasteiger partial charge is 0.395 e. The third-order valence-electron chi connectivity index (χ3n) is 2.58. The molecule has 0 aliphatic heterocycles. The molecule has 2 aromatic rings. The highest BCUT2D eigenvalue weighted by atomic mass is 16.7. The van der Waals surface area contributed by atoms with E-state index in [1.54, 1.807) is 0 Å².